The number of pyridine rings is 2. The highest BCUT2D eigenvalue weighted by Crippen LogP contribution is 2.21. The number of benzene rings is 1. The van der Waals surface area contributed by atoms with Crippen molar-refractivity contribution in [3.05, 3.63) is 75.3 Å². The van der Waals surface area contributed by atoms with Crippen molar-refractivity contribution >= 4 is 16.9 Å². The van der Waals surface area contributed by atoms with E-state index in [1.165, 1.54) is 6.42 Å². The molecule has 0 unspecified atom stereocenters. The number of H-pyrrole nitrogens is 1. The summed E-state index contributed by atoms with van der Waals surface area (Å²) in [4.78, 5) is 35.0. The molecule has 6 heteroatoms. The number of carbonyl (C=O) groups excluding carboxylic acids is 1. The predicted molar refractivity (Wildman–Crippen MR) is 123 cm³/mol. The first-order valence-corrected chi connectivity index (χ1v) is 11.1. The van der Waals surface area contributed by atoms with E-state index in [1.807, 2.05) is 38.1 Å². The molecule has 2 heterocycles. The van der Waals surface area contributed by atoms with E-state index < -0.39 is 0 Å². The second-order valence-corrected chi connectivity index (χ2v) is 8.61. The third-order valence-electron chi connectivity index (χ3n) is 6.20. The zero-order valence-corrected chi connectivity index (χ0v) is 18.3. The summed E-state index contributed by atoms with van der Waals surface area (Å²) < 4.78 is 0. The Balaban J connectivity index is 1.63. The molecule has 0 bridgehead atoms. The summed E-state index contributed by atoms with van der Waals surface area (Å²) in [6, 6.07) is 9.89. The lowest BCUT2D eigenvalue weighted by Gasteiger charge is -2.28. The molecule has 2 amide bonds. The highest BCUT2D eigenvalue weighted by Gasteiger charge is 2.21. The van der Waals surface area contributed by atoms with Crippen LogP contribution in [-0.4, -0.2) is 26.9 Å². The third-order valence-corrected chi connectivity index (χ3v) is 6.20. The maximum atomic E-state index is 13.2. The Morgan fingerprint density at radius 1 is 1.13 bits per heavy atom. The van der Waals surface area contributed by atoms with Crippen molar-refractivity contribution in [2.75, 3.05) is 0 Å². The quantitative estimate of drug-likeness (QED) is 0.636. The number of aryl methyl sites for hydroxylation is 2. The molecule has 2 aromatic heterocycles. The van der Waals surface area contributed by atoms with E-state index >= 15 is 0 Å². The molecule has 1 aliphatic rings. The molecule has 6 nitrogen and oxygen atoms in total. The molecule has 162 valence electrons. The highest BCUT2D eigenvalue weighted by molar-refractivity contribution is 5.85. The van der Waals surface area contributed by atoms with Gasteiger partial charge in [0.05, 0.1) is 12.1 Å². The average molecular weight is 419 g/mol. The molecular weight excluding hydrogens is 388 g/mol. The summed E-state index contributed by atoms with van der Waals surface area (Å²) in [5, 5.41) is 4.21. The summed E-state index contributed by atoms with van der Waals surface area (Å²) >= 11 is 0. The van der Waals surface area contributed by atoms with Crippen molar-refractivity contribution < 1.29 is 4.79 Å². The normalized spacial score (nSPS) is 14.5. The molecule has 0 atom stereocenters. The summed E-state index contributed by atoms with van der Waals surface area (Å²) in [6.07, 6.45) is 9.04. The van der Waals surface area contributed by atoms with Gasteiger partial charge in [-0.15, -0.1) is 0 Å². The Bertz CT molecular complexity index is 1120. The first kappa shape index (κ1) is 21.1. The predicted octanol–water partition coefficient (Wildman–Crippen LogP) is 4.58. The highest BCUT2D eigenvalue weighted by atomic mass is 16.2. The van der Waals surface area contributed by atoms with E-state index in [0.29, 0.717) is 12.1 Å². The molecule has 1 saturated carbocycles. The molecule has 4 rings (SSSR count). The van der Waals surface area contributed by atoms with Crippen LogP contribution in [0, 0.1) is 13.8 Å². The van der Waals surface area contributed by atoms with Gasteiger partial charge in [-0.2, -0.15) is 0 Å². The van der Waals surface area contributed by atoms with Crippen molar-refractivity contribution in [3.8, 4) is 0 Å². The van der Waals surface area contributed by atoms with E-state index in [0.717, 1.165) is 53.3 Å². The van der Waals surface area contributed by atoms with Gasteiger partial charge in [0.15, 0.2) is 0 Å². The minimum Gasteiger partial charge on any atom is -0.335 e. The lowest BCUT2D eigenvalue weighted by molar-refractivity contribution is 0.184. The Morgan fingerprint density at radius 3 is 2.65 bits per heavy atom. The van der Waals surface area contributed by atoms with Crippen molar-refractivity contribution in [2.45, 2.75) is 65.1 Å². The minimum absolute atomic E-state index is 0.129. The molecule has 0 spiro atoms. The van der Waals surface area contributed by atoms with Gasteiger partial charge in [-0.25, -0.2) is 4.79 Å². The van der Waals surface area contributed by atoms with Gasteiger partial charge in [0.2, 0.25) is 0 Å². The second kappa shape index (κ2) is 9.33. The first-order valence-electron chi connectivity index (χ1n) is 11.1. The molecule has 1 aliphatic carbocycles. The van der Waals surface area contributed by atoms with Gasteiger partial charge >= 0.3 is 6.03 Å². The van der Waals surface area contributed by atoms with Crippen LogP contribution in [-0.2, 0) is 13.1 Å². The number of urea groups is 1. The fourth-order valence-electron chi connectivity index (χ4n) is 4.37. The van der Waals surface area contributed by atoms with Crippen LogP contribution in [0.15, 0.2) is 47.5 Å². The lowest BCUT2D eigenvalue weighted by Crippen LogP contribution is -2.45. The average Bonchev–Trinajstić information content (AvgIpc) is 2.78. The molecule has 0 radical (unpaired) electrons. The van der Waals surface area contributed by atoms with Crippen molar-refractivity contribution in [1.82, 2.24) is 20.2 Å². The molecule has 0 saturated heterocycles. The van der Waals surface area contributed by atoms with Crippen LogP contribution in [0.3, 0.4) is 0 Å². The van der Waals surface area contributed by atoms with Crippen LogP contribution in [0.4, 0.5) is 4.79 Å². The van der Waals surface area contributed by atoms with E-state index in [4.69, 9.17) is 0 Å². The molecule has 31 heavy (non-hydrogen) atoms. The maximum absolute atomic E-state index is 13.2. The molecular formula is C25H30N4O2. The van der Waals surface area contributed by atoms with Crippen molar-refractivity contribution in [2.24, 2.45) is 0 Å². The zero-order valence-electron chi connectivity index (χ0n) is 18.3. The van der Waals surface area contributed by atoms with Crippen molar-refractivity contribution in [1.29, 1.82) is 0 Å². The van der Waals surface area contributed by atoms with Crippen LogP contribution in [0.1, 0.15) is 54.4 Å². The van der Waals surface area contributed by atoms with E-state index in [9.17, 15) is 9.59 Å². The minimum atomic E-state index is -0.150. The zero-order chi connectivity index (χ0) is 21.8. The van der Waals surface area contributed by atoms with Gasteiger partial charge < -0.3 is 15.2 Å². The fourth-order valence-corrected chi connectivity index (χ4v) is 4.37. The summed E-state index contributed by atoms with van der Waals surface area (Å²) in [6.45, 7) is 4.67. The van der Waals surface area contributed by atoms with Gasteiger partial charge in [0.1, 0.15) is 0 Å². The fraction of sp³-hybridized carbons (Fsp3) is 0.400. The molecule has 2 N–H and O–H groups in total. The number of amides is 2. The Hall–Kier alpha value is -3.15. The summed E-state index contributed by atoms with van der Waals surface area (Å²) in [5.74, 6) is 0. The van der Waals surface area contributed by atoms with Crippen LogP contribution in [0.2, 0.25) is 0 Å². The van der Waals surface area contributed by atoms with Gasteiger partial charge in [0.25, 0.3) is 5.56 Å². The number of nitrogens with one attached hydrogen (secondary N) is 2. The van der Waals surface area contributed by atoms with E-state index in [1.54, 1.807) is 17.3 Å². The number of nitrogens with zero attached hydrogens (tertiary/aromatic N) is 2. The molecule has 1 fully saturated rings. The van der Waals surface area contributed by atoms with Crippen LogP contribution in [0.25, 0.3) is 10.9 Å². The van der Waals surface area contributed by atoms with Gasteiger partial charge in [0, 0.05) is 35.9 Å². The molecule has 0 aliphatic heterocycles. The number of rotatable bonds is 5. The van der Waals surface area contributed by atoms with Crippen LogP contribution in [0.5, 0.6) is 0 Å². The monoisotopic (exact) mass is 418 g/mol. The molecule has 3 aromatic rings. The topological polar surface area (TPSA) is 78.1 Å². The SMILES string of the molecule is Cc1ccc(C)c2[nH]c(=O)c(CN(Cc3cccnc3)C(=O)NC3CCCCC3)cc12. The van der Waals surface area contributed by atoms with Crippen LogP contribution < -0.4 is 10.9 Å². The maximum Gasteiger partial charge on any atom is 0.318 e. The van der Waals surface area contributed by atoms with Crippen LogP contribution >= 0.6 is 0 Å². The van der Waals surface area contributed by atoms with Gasteiger partial charge in [-0.1, -0.05) is 37.5 Å². The lowest BCUT2D eigenvalue weighted by atomic mass is 9.96. The largest absolute Gasteiger partial charge is 0.335 e. The number of fused-ring (bicyclic) bond motifs is 1. The Labute approximate surface area is 182 Å². The number of aromatic nitrogens is 2. The number of hydrogen-bond donors (Lipinski definition) is 2. The summed E-state index contributed by atoms with van der Waals surface area (Å²) in [7, 11) is 0. The van der Waals surface area contributed by atoms with E-state index in [2.05, 4.69) is 21.4 Å². The Morgan fingerprint density at radius 2 is 1.90 bits per heavy atom. The van der Waals surface area contributed by atoms with Gasteiger partial charge in [-0.05, 0) is 55.5 Å². The third kappa shape index (κ3) is 4.95. The summed E-state index contributed by atoms with van der Waals surface area (Å²) in [5.41, 5.74) is 4.37. The Kier molecular flexibility index (Phi) is 6.35. The number of aromatic amines is 1. The smallest absolute Gasteiger partial charge is 0.318 e. The van der Waals surface area contributed by atoms with E-state index in [-0.39, 0.29) is 24.2 Å². The van der Waals surface area contributed by atoms with Crippen molar-refractivity contribution in [3.63, 3.8) is 0 Å². The number of carbonyl (C=O) groups is 1. The van der Waals surface area contributed by atoms with Gasteiger partial charge in [-0.3, -0.25) is 9.78 Å². The second-order valence-electron chi connectivity index (χ2n) is 8.61. The first-order chi connectivity index (χ1) is 15.0. The standard InChI is InChI=1S/C25H30N4O2/c1-17-10-11-18(2)23-22(17)13-20(24(30)28-23)16-29(15-19-7-6-12-26-14-19)25(31)27-21-8-4-3-5-9-21/h6-7,10-14,21H,3-5,8-9,15-16H2,1-2H3,(H,27,31)(H,28,30). The number of hydrogen-bond acceptors (Lipinski definition) is 3. The molecule has 1 aromatic carbocycles.